The van der Waals surface area contributed by atoms with Crippen molar-refractivity contribution in [1.29, 1.82) is 0 Å². The van der Waals surface area contributed by atoms with Crippen molar-refractivity contribution in [2.45, 2.75) is 53.5 Å². The largest absolute Gasteiger partial charge is 0.465 e. The third kappa shape index (κ3) is 9.32. The fraction of sp³-hybridized carbons (Fsp3) is 0.938. The molecule has 4 nitrogen and oxygen atoms in total. The molecule has 0 aromatic heterocycles. The SMILES string of the molecule is CCOC(=O)C(CN(CCC(C)C)CCC(C)C)NC. The topological polar surface area (TPSA) is 41.6 Å². The molecule has 0 fully saturated rings. The molecule has 0 saturated heterocycles. The van der Waals surface area contributed by atoms with E-state index in [0.717, 1.165) is 32.5 Å². The summed E-state index contributed by atoms with van der Waals surface area (Å²) >= 11 is 0. The van der Waals surface area contributed by atoms with Gasteiger partial charge < -0.3 is 15.0 Å². The number of hydrogen-bond donors (Lipinski definition) is 1. The van der Waals surface area contributed by atoms with E-state index in [9.17, 15) is 4.79 Å². The van der Waals surface area contributed by atoms with Crippen molar-refractivity contribution < 1.29 is 9.53 Å². The molecular weight excluding hydrogens is 252 g/mol. The maximum Gasteiger partial charge on any atom is 0.324 e. The van der Waals surface area contributed by atoms with Crippen LogP contribution in [-0.2, 0) is 9.53 Å². The highest BCUT2D eigenvalue weighted by atomic mass is 16.5. The first-order valence-corrected chi connectivity index (χ1v) is 7.96. The molecular formula is C16H34N2O2. The second-order valence-electron chi connectivity index (χ2n) is 6.26. The number of carbonyl (C=O) groups excluding carboxylic acids is 1. The molecule has 0 heterocycles. The van der Waals surface area contributed by atoms with Gasteiger partial charge in [-0.05, 0) is 51.7 Å². The second-order valence-corrected chi connectivity index (χ2v) is 6.26. The first kappa shape index (κ1) is 19.4. The van der Waals surface area contributed by atoms with Crippen molar-refractivity contribution in [2.24, 2.45) is 11.8 Å². The van der Waals surface area contributed by atoms with Crippen molar-refractivity contribution in [1.82, 2.24) is 10.2 Å². The molecule has 0 rings (SSSR count). The highest BCUT2D eigenvalue weighted by Crippen LogP contribution is 2.07. The summed E-state index contributed by atoms with van der Waals surface area (Å²) in [7, 11) is 1.82. The van der Waals surface area contributed by atoms with Crippen LogP contribution in [0.1, 0.15) is 47.5 Å². The summed E-state index contributed by atoms with van der Waals surface area (Å²) in [5.74, 6) is 1.23. The smallest absolute Gasteiger partial charge is 0.324 e. The molecule has 120 valence electrons. The average molecular weight is 286 g/mol. The molecule has 0 aliphatic rings. The Morgan fingerprint density at radius 3 is 1.95 bits per heavy atom. The van der Waals surface area contributed by atoms with Crippen LogP contribution < -0.4 is 5.32 Å². The minimum Gasteiger partial charge on any atom is -0.465 e. The molecule has 0 saturated carbocycles. The van der Waals surface area contributed by atoms with E-state index in [1.54, 1.807) is 0 Å². The lowest BCUT2D eigenvalue weighted by atomic mass is 10.1. The lowest BCUT2D eigenvalue weighted by molar-refractivity contribution is -0.146. The van der Waals surface area contributed by atoms with Crippen LogP contribution in [0.4, 0.5) is 0 Å². The zero-order chi connectivity index (χ0) is 15.5. The number of nitrogens with zero attached hydrogens (tertiary/aromatic N) is 1. The van der Waals surface area contributed by atoms with E-state index in [1.165, 1.54) is 0 Å². The van der Waals surface area contributed by atoms with Crippen molar-refractivity contribution in [3.63, 3.8) is 0 Å². The van der Waals surface area contributed by atoms with Crippen LogP contribution in [0.3, 0.4) is 0 Å². The Morgan fingerprint density at radius 2 is 1.60 bits per heavy atom. The standard InChI is InChI=1S/C16H34N2O2/c1-7-20-16(19)15(17-6)12-18(10-8-13(2)3)11-9-14(4)5/h13-15,17H,7-12H2,1-6H3. The lowest BCUT2D eigenvalue weighted by Gasteiger charge is -2.27. The zero-order valence-corrected chi connectivity index (χ0v) is 14.2. The Kier molecular flexibility index (Phi) is 10.8. The Bertz CT molecular complexity index is 243. The van der Waals surface area contributed by atoms with E-state index in [1.807, 2.05) is 14.0 Å². The van der Waals surface area contributed by atoms with Gasteiger partial charge in [0.1, 0.15) is 6.04 Å². The van der Waals surface area contributed by atoms with Gasteiger partial charge in [-0.3, -0.25) is 4.79 Å². The Balaban J connectivity index is 4.44. The van der Waals surface area contributed by atoms with Gasteiger partial charge in [0.15, 0.2) is 0 Å². The fourth-order valence-electron chi connectivity index (χ4n) is 1.96. The summed E-state index contributed by atoms with van der Waals surface area (Å²) in [6.45, 7) is 14.1. The van der Waals surface area contributed by atoms with Gasteiger partial charge in [-0.2, -0.15) is 0 Å². The molecule has 0 aromatic carbocycles. The van der Waals surface area contributed by atoms with Gasteiger partial charge in [-0.1, -0.05) is 27.7 Å². The van der Waals surface area contributed by atoms with E-state index in [4.69, 9.17) is 4.74 Å². The number of esters is 1. The number of carbonyl (C=O) groups is 1. The first-order valence-electron chi connectivity index (χ1n) is 7.96. The summed E-state index contributed by atoms with van der Waals surface area (Å²) in [6, 6.07) is -0.228. The minimum absolute atomic E-state index is 0.144. The summed E-state index contributed by atoms with van der Waals surface area (Å²) < 4.78 is 5.12. The molecule has 0 bridgehead atoms. The van der Waals surface area contributed by atoms with Crippen LogP contribution in [0.2, 0.25) is 0 Å². The van der Waals surface area contributed by atoms with Crippen LogP contribution in [-0.4, -0.2) is 50.2 Å². The maximum atomic E-state index is 11.9. The van der Waals surface area contributed by atoms with E-state index in [-0.39, 0.29) is 12.0 Å². The number of likely N-dealkylation sites (N-methyl/N-ethyl adjacent to an activating group) is 1. The normalized spacial score (nSPS) is 13.2. The highest BCUT2D eigenvalue weighted by molar-refractivity contribution is 5.76. The van der Waals surface area contributed by atoms with E-state index in [0.29, 0.717) is 18.4 Å². The molecule has 0 radical (unpaired) electrons. The number of ether oxygens (including phenoxy) is 1. The third-order valence-corrected chi connectivity index (χ3v) is 3.41. The molecule has 1 N–H and O–H groups in total. The Hall–Kier alpha value is -0.610. The van der Waals surface area contributed by atoms with Crippen LogP contribution in [0.25, 0.3) is 0 Å². The Labute approximate surface area is 125 Å². The highest BCUT2D eigenvalue weighted by Gasteiger charge is 2.21. The van der Waals surface area contributed by atoms with E-state index in [2.05, 4.69) is 37.9 Å². The van der Waals surface area contributed by atoms with Crippen molar-refractivity contribution in [2.75, 3.05) is 33.3 Å². The zero-order valence-electron chi connectivity index (χ0n) is 14.2. The van der Waals surface area contributed by atoms with Gasteiger partial charge in [-0.15, -0.1) is 0 Å². The predicted octanol–water partition coefficient (Wildman–Crippen LogP) is 2.53. The maximum absolute atomic E-state index is 11.9. The van der Waals surface area contributed by atoms with Gasteiger partial charge in [0.05, 0.1) is 6.61 Å². The second kappa shape index (κ2) is 11.1. The van der Waals surface area contributed by atoms with E-state index < -0.39 is 0 Å². The molecule has 1 atom stereocenters. The fourth-order valence-corrected chi connectivity index (χ4v) is 1.96. The van der Waals surface area contributed by atoms with Crippen molar-refractivity contribution >= 4 is 5.97 Å². The molecule has 4 heteroatoms. The van der Waals surface area contributed by atoms with Gasteiger partial charge in [0.2, 0.25) is 0 Å². The number of hydrogen-bond acceptors (Lipinski definition) is 4. The number of rotatable bonds is 11. The molecule has 0 aliphatic heterocycles. The summed E-state index contributed by atoms with van der Waals surface area (Å²) in [6.07, 6.45) is 2.33. The minimum atomic E-state index is -0.228. The van der Waals surface area contributed by atoms with Crippen molar-refractivity contribution in [3.05, 3.63) is 0 Å². The molecule has 0 amide bonds. The van der Waals surface area contributed by atoms with Gasteiger partial charge in [0, 0.05) is 6.54 Å². The quantitative estimate of drug-likeness (QED) is 0.593. The summed E-state index contributed by atoms with van der Waals surface area (Å²) in [5.41, 5.74) is 0. The predicted molar refractivity (Wildman–Crippen MR) is 84.8 cm³/mol. The Morgan fingerprint density at radius 1 is 1.10 bits per heavy atom. The molecule has 1 unspecified atom stereocenters. The van der Waals surface area contributed by atoms with Gasteiger partial charge >= 0.3 is 5.97 Å². The van der Waals surface area contributed by atoms with Gasteiger partial charge in [-0.25, -0.2) is 0 Å². The third-order valence-electron chi connectivity index (χ3n) is 3.41. The van der Waals surface area contributed by atoms with Crippen LogP contribution >= 0.6 is 0 Å². The molecule has 20 heavy (non-hydrogen) atoms. The van der Waals surface area contributed by atoms with Gasteiger partial charge in [0.25, 0.3) is 0 Å². The molecule has 0 aromatic rings. The van der Waals surface area contributed by atoms with Crippen LogP contribution in [0.5, 0.6) is 0 Å². The first-order chi connectivity index (χ1) is 9.40. The molecule has 0 aliphatic carbocycles. The van der Waals surface area contributed by atoms with Crippen LogP contribution in [0, 0.1) is 11.8 Å². The monoisotopic (exact) mass is 286 g/mol. The van der Waals surface area contributed by atoms with Crippen LogP contribution in [0.15, 0.2) is 0 Å². The van der Waals surface area contributed by atoms with Crippen molar-refractivity contribution in [3.8, 4) is 0 Å². The average Bonchev–Trinajstić information content (AvgIpc) is 2.37. The van der Waals surface area contributed by atoms with E-state index >= 15 is 0 Å². The summed E-state index contributed by atoms with van der Waals surface area (Å²) in [5, 5.41) is 3.08. The molecule has 0 spiro atoms. The summed E-state index contributed by atoms with van der Waals surface area (Å²) in [4.78, 5) is 14.3. The lowest BCUT2D eigenvalue weighted by Crippen LogP contribution is -2.46. The number of nitrogens with one attached hydrogen (secondary N) is 1.